The summed E-state index contributed by atoms with van der Waals surface area (Å²) in [5, 5.41) is 0. The third kappa shape index (κ3) is 10.9. The van der Waals surface area contributed by atoms with Crippen LogP contribution in [0, 0.1) is 0 Å². The summed E-state index contributed by atoms with van der Waals surface area (Å²) >= 11 is 0. The molecule has 0 amide bonds. The first-order chi connectivity index (χ1) is 25.7. The van der Waals surface area contributed by atoms with Crippen molar-refractivity contribution in [2.75, 3.05) is 26.4 Å². The Balaban J connectivity index is 1.92. The summed E-state index contributed by atoms with van der Waals surface area (Å²) in [5.41, 5.74) is 6.12. The van der Waals surface area contributed by atoms with Crippen molar-refractivity contribution in [3.63, 3.8) is 0 Å². The van der Waals surface area contributed by atoms with Gasteiger partial charge in [0.15, 0.2) is 0 Å². The summed E-state index contributed by atoms with van der Waals surface area (Å²) in [4.78, 5) is 48.1. The minimum atomic E-state index is -0.875. The van der Waals surface area contributed by atoms with Crippen LogP contribution in [0.3, 0.4) is 0 Å². The Labute approximate surface area is 311 Å². The molecular formula is C45H44O8. The Kier molecular flexibility index (Phi) is 14.9. The summed E-state index contributed by atoms with van der Waals surface area (Å²) in [6.45, 7) is 8.19. The van der Waals surface area contributed by atoms with Gasteiger partial charge >= 0.3 is 23.9 Å². The smallest absolute Gasteiger partial charge is 0.330 e. The molecule has 4 rings (SSSR count). The second kappa shape index (κ2) is 19.9. The molecule has 0 fully saturated rings. The maximum atomic E-state index is 12.0. The molecule has 0 aliphatic heterocycles. The molecular weight excluding hydrogens is 668 g/mol. The SMILES string of the molecule is CCOC(=O)/C=C/c1ccc(C(c2ccc(/C=C/C(=O)OCC)cc2)(c2ccc(/C=C/C(=O)OCC)cc2)c2ccc(/C=C/C(=O)OCC)cc2)cc1. The van der Waals surface area contributed by atoms with Crippen molar-refractivity contribution in [1.82, 2.24) is 0 Å². The van der Waals surface area contributed by atoms with Crippen LogP contribution in [0.25, 0.3) is 24.3 Å². The zero-order valence-electron chi connectivity index (χ0n) is 30.5. The van der Waals surface area contributed by atoms with E-state index in [9.17, 15) is 19.2 Å². The van der Waals surface area contributed by atoms with Gasteiger partial charge in [-0.15, -0.1) is 0 Å². The van der Waals surface area contributed by atoms with Crippen molar-refractivity contribution < 1.29 is 38.1 Å². The number of ether oxygens (including phenoxy) is 4. The van der Waals surface area contributed by atoms with E-state index in [-0.39, 0.29) is 26.4 Å². The lowest BCUT2D eigenvalue weighted by atomic mass is 9.65. The lowest BCUT2D eigenvalue weighted by Crippen LogP contribution is -2.31. The van der Waals surface area contributed by atoms with E-state index in [1.165, 1.54) is 24.3 Å². The highest BCUT2D eigenvalue weighted by Gasteiger charge is 2.38. The van der Waals surface area contributed by atoms with Crippen molar-refractivity contribution >= 4 is 48.2 Å². The normalized spacial score (nSPS) is 11.7. The van der Waals surface area contributed by atoms with Crippen molar-refractivity contribution in [3.05, 3.63) is 166 Å². The summed E-state index contributed by atoms with van der Waals surface area (Å²) < 4.78 is 20.2. The highest BCUT2D eigenvalue weighted by atomic mass is 16.5. The topological polar surface area (TPSA) is 105 Å². The average molecular weight is 713 g/mol. The number of rotatable bonds is 16. The Hall–Kier alpha value is -6.28. The van der Waals surface area contributed by atoms with Gasteiger partial charge in [-0.2, -0.15) is 0 Å². The van der Waals surface area contributed by atoms with Crippen molar-refractivity contribution in [1.29, 1.82) is 0 Å². The Morgan fingerprint density at radius 3 is 0.736 bits per heavy atom. The van der Waals surface area contributed by atoms with Gasteiger partial charge in [-0.05, 0) is 96.5 Å². The molecule has 0 radical (unpaired) electrons. The van der Waals surface area contributed by atoms with E-state index < -0.39 is 29.3 Å². The van der Waals surface area contributed by atoms with Crippen LogP contribution >= 0.6 is 0 Å². The van der Waals surface area contributed by atoms with Crippen LogP contribution in [0.15, 0.2) is 121 Å². The lowest BCUT2D eigenvalue weighted by Gasteiger charge is -2.37. The summed E-state index contributed by atoms with van der Waals surface area (Å²) in [6, 6.07) is 31.8. The summed E-state index contributed by atoms with van der Waals surface area (Å²) in [6.07, 6.45) is 12.5. The molecule has 0 unspecified atom stereocenters. The molecule has 0 N–H and O–H groups in total. The fourth-order valence-electron chi connectivity index (χ4n) is 5.80. The second-order valence-electron chi connectivity index (χ2n) is 11.6. The Morgan fingerprint density at radius 1 is 0.377 bits per heavy atom. The van der Waals surface area contributed by atoms with Crippen LogP contribution in [0.4, 0.5) is 0 Å². The van der Waals surface area contributed by atoms with Crippen molar-refractivity contribution in [2.45, 2.75) is 33.1 Å². The van der Waals surface area contributed by atoms with E-state index >= 15 is 0 Å². The van der Waals surface area contributed by atoms with Gasteiger partial charge in [0.2, 0.25) is 0 Å². The van der Waals surface area contributed by atoms with Crippen LogP contribution < -0.4 is 0 Å². The quantitative estimate of drug-likeness (QED) is 0.0494. The number of carbonyl (C=O) groups excluding carboxylic acids is 4. The summed E-state index contributed by atoms with van der Waals surface area (Å²) in [7, 11) is 0. The molecule has 0 saturated carbocycles. The number of hydrogen-bond acceptors (Lipinski definition) is 8. The van der Waals surface area contributed by atoms with Crippen LogP contribution in [-0.4, -0.2) is 50.3 Å². The molecule has 8 heteroatoms. The van der Waals surface area contributed by atoms with Crippen LogP contribution in [0.1, 0.15) is 72.2 Å². The number of esters is 4. The van der Waals surface area contributed by atoms with Gasteiger partial charge in [-0.1, -0.05) is 97.1 Å². The van der Waals surface area contributed by atoms with Crippen molar-refractivity contribution in [2.24, 2.45) is 0 Å². The monoisotopic (exact) mass is 712 g/mol. The maximum Gasteiger partial charge on any atom is 0.330 e. The fraction of sp³-hybridized carbons (Fsp3) is 0.200. The molecule has 53 heavy (non-hydrogen) atoms. The van der Waals surface area contributed by atoms with Gasteiger partial charge in [0.25, 0.3) is 0 Å². The Morgan fingerprint density at radius 2 is 0.566 bits per heavy atom. The highest BCUT2D eigenvalue weighted by Crippen LogP contribution is 2.45. The van der Waals surface area contributed by atoms with E-state index in [4.69, 9.17) is 18.9 Å². The molecule has 0 saturated heterocycles. The molecule has 0 aliphatic rings. The zero-order chi connectivity index (χ0) is 38.1. The largest absolute Gasteiger partial charge is 0.463 e. The lowest BCUT2D eigenvalue weighted by molar-refractivity contribution is -0.138. The van der Waals surface area contributed by atoms with E-state index in [0.29, 0.717) is 0 Å². The van der Waals surface area contributed by atoms with E-state index in [0.717, 1.165) is 44.5 Å². The van der Waals surface area contributed by atoms with Crippen molar-refractivity contribution in [3.8, 4) is 0 Å². The first kappa shape index (κ1) is 39.5. The maximum absolute atomic E-state index is 12.0. The van der Waals surface area contributed by atoms with Gasteiger partial charge in [-0.3, -0.25) is 0 Å². The molecule has 0 bridgehead atoms. The third-order valence-corrected chi connectivity index (χ3v) is 8.17. The molecule has 272 valence electrons. The molecule has 0 heterocycles. The van der Waals surface area contributed by atoms with Crippen LogP contribution in [-0.2, 0) is 43.5 Å². The van der Waals surface area contributed by atoms with E-state index in [2.05, 4.69) is 0 Å². The van der Waals surface area contributed by atoms with Crippen LogP contribution in [0.5, 0.6) is 0 Å². The third-order valence-electron chi connectivity index (χ3n) is 8.17. The highest BCUT2D eigenvalue weighted by molar-refractivity contribution is 5.89. The predicted molar refractivity (Wildman–Crippen MR) is 207 cm³/mol. The van der Waals surface area contributed by atoms with Gasteiger partial charge in [0, 0.05) is 24.3 Å². The fourth-order valence-corrected chi connectivity index (χ4v) is 5.80. The second-order valence-corrected chi connectivity index (χ2v) is 11.6. The molecule has 8 nitrogen and oxygen atoms in total. The standard InChI is InChI=1S/C45H44O8/c1-5-50-41(46)29-17-33-9-21-37(22-10-33)45(38-23-11-34(12-24-38)18-30-42(47)51-6-2,39-25-13-35(14-26-39)19-31-43(48)52-7-3)40-27-15-36(16-28-40)20-32-44(49)53-8-4/h9-32H,5-8H2,1-4H3/b29-17+,30-18+,31-19+,32-20+. The number of carbonyl (C=O) groups is 4. The number of hydrogen-bond donors (Lipinski definition) is 0. The van der Waals surface area contributed by atoms with Gasteiger partial charge in [0.1, 0.15) is 0 Å². The number of benzene rings is 4. The molecule has 0 aromatic heterocycles. The molecule has 0 aliphatic carbocycles. The van der Waals surface area contributed by atoms with E-state index in [1.54, 1.807) is 52.0 Å². The molecule has 4 aromatic rings. The minimum Gasteiger partial charge on any atom is -0.463 e. The summed E-state index contributed by atoms with van der Waals surface area (Å²) in [5.74, 6) is -1.68. The minimum absolute atomic E-state index is 0.289. The van der Waals surface area contributed by atoms with Gasteiger partial charge in [-0.25, -0.2) is 19.2 Å². The zero-order valence-corrected chi connectivity index (χ0v) is 30.5. The first-order valence-electron chi connectivity index (χ1n) is 17.5. The molecule has 0 spiro atoms. The van der Waals surface area contributed by atoms with E-state index in [1.807, 2.05) is 97.1 Å². The first-order valence-corrected chi connectivity index (χ1v) is 17.5. The predicted octanol–water partition coefficient (Wildman–Crippen LogP) is 8.37. The van der Waals surface area contributed by atoms with Gasteiger partial charge < -0.3 is 18.9 Å². The Bertz CT molecular complexity index is 1660. The van der Waals surface area contributed by atoms with Crippen LogP contribution in [0.2, 0.25) is 0 Å². The average Bonchev–Trinajstić information content (AvgIpc) is 3.17. The molecule has 4 aromatic carbocycles. The van der Waals surface area contributed by atoms with Gasteiger partial charge in [0.05, 0.1) is 31.8 Å². The molecule has 0 atom stereocenters.